The van der Waals surface area contributed by atoms with E-state index in [1.807, 2.05) is 18.2 Å². The molecule has 0 radical (unpaired) electrons. The number of hydrogen-bond acceptors (Lipinski definition) is 3. The summed E-state index contributed by atoms with van der Waals surface area (Å²) in [6.45, 7) is 0. The van der Waals surface area contributed by atoms with Gasteiger partial charge in [0, 0.05) is 20.2 Å². The molecule has 0 spiro atoms. The molecule has 25 heavy (non-hydrogen) atoms. The molecule has 0 atom stereocenters. The molecule has 1 aliphatic carbocycles. The Balaban J connectivity index is 1.87. The van der Waals surface area contributed by atoms with Gasteiger partial charge in [0.25, 0.3) is 0 Å². The Morgan fingerprint density at radius 3 is 2.68 bits per heavy atom. The molecule has 1 heterocycles. The largest absolute Gasteiger partial charge is 0.497 e. The Morgan fingerprint density at radius 2 is 1.80 bits per heavy atom. The molecule has 0 amide bonds. The quantitative estimate of drug-likeness (QED) is 0.424. The molecule has 4 aromatic rings. The van der Waals surface area contributed by atoms with Crippen molar-refractivity contribution >= 4 is 48.4 Å². The Bertz CT molecular complexity index is 1250. The van der Waals surface area contributed by atoms with E-state index >= 15 is 0 Å². The van der Waals surface area contributed by atoms with Crippen LogP contribution in [0.5, 0.6) is 5.75 Å². The summed E-state index contributed by atoms with van der Waals surface area (Å²) in [5, 5.41) is 3.90. The van der Waals surface area contributed by atoms with Crippen LogP contribution in [-0.4, -0.2) is 7.11 Å². The van der Waals surface area contributed by atoms with Crippen LogP contribution in [0.4, 0.5) is 0 Å². The summed E-state index contributed by atoms with van der Waals surface area (Å²) in [5.41, 5.74) is 2.77. The van der Waals surface area contributed by atoms with Gasteiger partial charge in [0.1, 0.15) is 5.75 Å². The van der Waals surface area contributed by atoms with Gasteiger partial charge in [0.15, 0.2) is 5.43 Å². The Kier molecular flexibility index (Phi) is 3.19. The normalized spacial score (nSPS) is 13.5. The molecule has 0 saturated heterocycles. The third kappa shape index (κ3) is 2.27. The fraction of sp³-hybridized carbons (Fsp3) is 0.136. The van der Waals surface area contributed by atoms with E-state index in [0.29, 0.717) is 0 Å². The van der Waals surface area contributed by atoms with E-state index < -0.39 is 0 Å². The van der Waals surface area contributed by atoms with Crippen LogP contribution in [-0.2, 0) is 6.42 Å². The fourth-order valence-electron chi connectivity index (χ4n) is 3.64. The lowest BCUT2D eigenvalue weighted by molar-refractivity contribution is 0.415. The predicted octanol–water partition coefficient (Wildman–Crippen LogP) is 5.54. The van der Waals surface area contributed by atoms with Crippen molar-refractivity contribution in [3.8, 4) is 5.75 Å². The molecule has 3 heteroatoms. The Hall–Kier alpha value is -2.65. The van der Waals surface area contributed by atoms with Gasteiger partial charge in [-0.3, -0.25) is 4.79 Å². The standard InChI is InChI=1S/C22H16O2S/c1-24-17-6-7-18-21(12-17)25-20-11-16-9-14-5-3-2-4-13(14)8-15(16)10-19(20)22(18)23/h2,4,6-12H,3,5H2,1H3. The van der Waals surface area contributed by atoms with Crippen molar-refractivity contribution in [2.75, 3.05) is 7.11 Å². The second-order valence-corrected chi connectivity index (χ2v) is 7.56. The maximum absolute atomic E-state index is 13.0. The monoisotopic (exact) mass is 344 g/mol. The van der Waals surface area contributed by atoms with Crippen LogP contribution in [0.15, 0.2) is 53.3 Å². The molecular weight excluding hydrogens is 328 g/mol. The van der Waals surface area contributed by atoms with Gasteiger partial charge in [-0.2, -0.15) is 0 Å². The van der Waals surface area contributed by atoms with Gasteiger partial charge in [-0.15, -0.1) is 11.3 Å². The highest BCUT2D eigenvalue weighted by atomic mass is 32.1. The minimum absolute atomic E-state index is 0.0987. The summed E-state index contributed by atoms with van der Waals surface area (Å²) in [6, 6.07) is 14.4. The highest BCUT2D eigenvalue weighted by Gasteiger charge is 2.11. The Morgan fingerprint density at radius 1 is 0.960 bits per heavy atom. The maximum Gasteiger partial charge on any atom is 0.195 e. The number of aryl methyl sites for hydroxylation is 1. The van der Waals surface area contributed by atoms with Gasteiger partial charge in [0.2, 0.25) is 0 Å². The fourth-order valence-corrected chi connectivity index (χ4v) is 4.77. The molecule has 0 N–H and O–H groups in total. The van der Waals surface area contributed by atoms with Crippen LogP contribution in [0.3, 0.4) is 0 Å². The van der Waals surface area contributed by atoms with Crippen molar-refractivity contribution in [2.45, 2.75) is 12.8 Å². The topological polar surface area (TPSA) is 26.3 Å². The van der Waals surface area contributed by atoms with Gasteiger partial charge < -0.3 is 4.74 Å². The first-order valence-corrected chi connectivity index (χ1v) is 9.22. The first kappa shape index (κ1) is 14.7. The lowest BCUT2D eigenvalue weighted by Gasteiger charge is -2.12. The third-order valence-corrected chi connectivity index (χ3v) is 6.09. The van der Waals surface area contributed by atoms with Crippen molar-refractivity contribution in [1.82, 2.24) is 0 Å². The van der Waals surface area contributed by atoms with E-state index in [9.17, 15) is 4.79 Å². The predicted molar refractivity (Wildman–Crippen MR) is 107 cm³/mol. The van der Waals surface area contributed by atoms with Crippen molar-refractivity contribution in [1.29, 1.82) is 0 Å². The summed E-state index contributed by atoms with van der Waals surface area (Å²) >= 11 is 1.65. The van der Waals surface area contributed by atoms with Crippen LogP contribution >= 0.6 is 11.3 Å². The molecule has 122 valence electrons. The van der Waals surface area contributed by atoms with Crippen molar-refractivity contribution in [3.63, 3.8) is 0 Å². The summed E-state index contributed by atoms with van der Waals surface area (Å²) in [5.74, 6) is 0.782. The van der Waals surface area contributed by atoms with Crippen molar-refractivity contribution in [2.24, 2.45) is 0 Å². The van der Waals surface area contributed by atoms with Gasteiger partial charge in [-0.25, -0.2) is 0 Å². The lowest BCUT2D eigenvalue weighted by Crippen LogP contribution is -2.01. The first-order valence-electron chi connectivity index (χ1n) is 8.41. The number of benzene rings is 3. The van der Waals surface area contributed by atoms with Gasteiger partial charge >= 0.3 is 0 Å². The molecule has 0 bridgehead atoms. The van der Waals surface area contributed by atoms with Crippen LogP contribution in [0.2, 0.25) is 0 Å². The first-order chi connectivity index (χ1) is 12.2. The summed E-state index contributed by atoms with van der Waals surface area (Å²) in [7, 11) is 1.65. The highest BCUT2D eigenvalue weighted by Crippen LogP contribution is 2.32. The zero-order valence-corrected chi connectivity index (χ0v) is 14.7. The van der Waals surface area contributed by atoms with E-state index in [-0.39, 0.29) is 5.43 Å². The smallest absolute Gasteiger partial charge is 0.195 e. The number of allylic oxidation sites excluding steroid dienone is 1. The lowest BCUT2D eigenvalue weighted by atomic mass is 9.93. The van der Waals surface area contributed by atoms with Gasteiger partial charge in [0.05, 0.1) is 7.11 Å². The average molecular weight is 344 g/mol. The molecule has 5 rings (SSSR count). The maximum atomic E-state index is 13.0. The van der Waals surface area contributed by atoms with Crippen molar-refractivity contribution < 1.29 is 4.74 Å². The highest BCUT2D eigenvalue weighted by molar-refractivity contribution is 7.24. The molecule has 2 nitrogen and oxygen atoms in total. The molecule has 0 saturated carbocycles. The number of fused-ring (bicyclic) bond motifs is 4. The van der Waals surface area contributed by atoms with Crippen molar-refractivity contribution in [3.05, 3.63) is 69.9 Å². The molecule has 1 aliphatic rings. The number of hydrogen-bond donors (Lipinski definition) is 0. The van der Waals surface area contributed by atoms with Crippen LogP contribution in [0.1, 0.15) is 17.5 Å². The zero-order chi connectivity index (χ0) is 17.0. The molecular formula is C22H16O2S. The Labute approximate surface area is 149 Å². The minimum Gasteiger partial charge on any atom is -0.497 e. The number of methoxy groups -OCH3 is 1. The average Bonchev–Trinajstić information content (AvgIpc) is 2.65. The minimum atomic E-state index is 0.0987. The summed E-state index contributed by atoms with van der Waals surface area (Å²) in [4.78, 5) is 13.0. The second-order valence-electron chi connectivity index (χ2n) is 6.48. The summed E-state index contributed by atoms with van der Waals surface area (Å²) in [6.07, 6.45) is 6.60. The molecule has 0 unspecified atom stereocenters. The van der Waals surface area contributed by atoms with E-state index in [4.69, 9.17) is 4.74 Å². The van der Waals surface area contributed by atoms with E-state index in [1.165, 1.54) is 16.5 Å². The SMILES string of the molecule is COc1ccc2c(=O)c3cc4cc5c(cc4cc3sc2c1)CCC=C5. The van der Waals surface area contributed by atoms with Gasteiger partial charge in [-0.05, 0) is 71.1 Å². The second kappa shape index (κ2) is 5.43. The molecule has 1 aromatic heterocycles. The molecule has 0 fully saturated rings. The third-order valence-electron chi connectivity index (χ3n) is 4.97. The molecule has 3 aromatic carbocycles. The number of ether oxygens (including phenoxy) is 1. The number of rotatable bonds is 1. The van der Waals surface area contributed by atoms with E-state index in [1.54, 1.807) is 18.4 Å². The van der Waals surface area contributed by atoms with Gasteiger partial charge in [-0.1, -0.05) is 18.2 Å². The zero-order valence-electron chi connectivity index (χ0n) is 13.8. The van der Waals surface area contributed by atoms with E-state index in [2.05, 4.69) is 36.4 Å². The molecule has 0 aliphatic heterocycles. The van der Waals surface area contributed by atoms with Crippen LogP contribution in [0, 0.1) is 0 Å². The van der Waals surface area contributed by atoms with Crippen LogP contribution < -0.4 is 10.2 Å². The summed E-state index contributed by atoms with van der Waals surface area (Å²) < 4.78 is 7.31. The van der Waals surface area contributed by atoms with Crippen LogP contribution in [0.25, 0.3) is 37.0 Å². The van der Waals surface area contributed by atoms with E-state index in [0.717, 1.165) is 44.1 Å².